The van der Waals surface area contributed by atoms with Gasteiger partial charge in [0, 0.05) is 20.0 Å². The molecule has 2 bridgehead atoms. The Labute approximate surface area is 194 Å². The second kappa shape index (κ2) is 8.15. The van der Waals surface area contributed by atoms with Crippen LogP contribution in [0, 0.1) is 5.92 Å². The van der Waals surface area contributed by atoms with Gasteiger partial charge >= 0.3 is 0 Å². The van der Waals surface area contributed by atoms with Crippen molar-refractivity contribution in [3.63, 3.8) is 0 Å². The summed E-state index contributed by atoms with van der Waals surface area (Å²) in [7, 11) is 0. The predicted octanol–water partition coefficient (Wildman–Crippen LogP) is 0.712. The molecule has 11 nitrogen and oxygen atoms in total. The molecule has 1 saturated carbocycles. The minimum absolute atomic E-state index is 0.100. The van der Waals surface area contributed by atoms with E-state index in [1.54, 1.807) is 18.2 Å². The normalized spacial score (nSPS) is 22.0. The number of carbonyl (C=O) groups excluding carboxylic acids is 3. The zero-order chi connectivity index (χ0) is 24.0. The van der Waals surface area contributed by atoms with Crippen LogP contribution in [0.1, 0.15) is 54.5 Å². The second-order valence-corrected chi connectivity index (χ2v) is 8.95. The third-order valence-electron chi connectivity index (χ3n) is 6.75. The van der Waals surface area contributed by atoms with E-state index in [2.05, 4.69) is 15.6 Å². The largest absolute Gasteiger partial charge is 0.501 e. The van der Waals surface area contributed by atoms with Gasteiger partial charge in [0.2, 0.25) is 18.3 Å². The third kappa shape index (κ3) is 3.66. The summed E-state index contributed by atoms with van der Waals surface area (Å²) in [6.45, 7) is 1.72. The Morgan fingerprint density at radius 2 is 1.94 bits per heavy atom. The summed E-state index contributed by atoms with van der Waals surface area (Å²) in [5.74, 6) is -1.37. The van der Waals surface area contributed by atoms with E-state index in [0.29, 0.717) is 43.7 Å². The van der Waals surface area contributed by atoms with Crippen molar-refractivity contribution in [3.05, 3.63) is 45.6 Å². The molecule has 178 valence electrons. The SMILES string of the molecule is CC(=O)C(=O)NC12CCC(CC1)Cn1c2nc(C(=O)NCc2ccc3c(c2)OCO3)c(O)c1=O. The molecule has 1 aromatic carbocycles. The monoisotopic (exact) mass is 468 g/mol. The third-order valence-corrected chi connectivity index (χ3v) is 6.75. The van der Waals surface area contributed by atoms with Crippen molar-refractivity contribution in [3.8, 4) is 17.2 Å². The Morgan fingerprint density at radius 3 is 2.68 bits per heavy atom. The number of carbonyl (C=O) groups is 3. The van der Waals surface area contributed by atoms with Gasteiger partial charge in [-0.3, -0.25) is 23.7 Å². The van der Waals surface area contributed by atoms with Crippen LogP contribution in [-0.2, 0) is 28.2 Å². The number of ketones is 1. The van der Waals surface area contributed by atoms with Gasteiger partial charge in [-0.15, -0.1) is 0 Å². The highest BCUT2D eigenvalue weighted by Gasteiger charge is 2.46. The number of hydrogen-bond acceptors (Lipinski definition) is 8. The van der Waals surface area contributed by atoms with E-state index in [-0.39, 0.29) is 25.1 Å². The van der Waals surface area contributed by atoms with Crippen LogP contribution in [0.5, 0.6) is 17.2 Å². The number of aromatic nitrogens is 2. The van der Waals surface area contributed by atoms with Gasteiger partial charge in [0.25, 0.3) is 17.4 Å². The lowest BCUT2D eigenvalue weighted by molar-refractivity contribution is -0.138. The van der Waals surface area contributed by atoms with Crippen molar-refractivity contribution in [1.82, 2.24) is 20.2 Å². The first kappa shape index (κ1) is 21.9. The zero-order valence-corrected chi connectivity index (χ0v) is 18.6. The molecule has 0 atom stereocenters. The molecule has 0 saturated heterocycles. The molecular formula is C23H24N4O7. The van der Waals surface area contributed by atoms with E-state index in [1.165, 1.54) is 11.5 Å². The van der Waals surface area contributed by atoms with Gasteiger partial charge in [0.05, 0.1) is 5.54 Å². The quantitative estimate of drug-likeness (QED) is 0.544. The van der Waals surface area contributed by atoms with Crippen LogP contribution >= 0.6 is 0 Å². The van der Waals surface area contributed by atoms with Crippen molar-refractivity contribution >= 4 is 17.6 Å². The van der Waals surface area contributed by atoms with Crippen molar-refractivity contribution in [2.75, 3.05) is 6.79 Å². The maximum atomic E-state index is 13.1. The molecule has 2 amide bonds. The number of fused-ring (bicyclic) bond motifs is 3. The van der Waals surface area contributed by atoms with Gasteiger partial charge in [0.1, 0.15) is 5.82 Å². The first-order chi connectivity index (χ1) is 16.3. The van der Waals surface area contributed by atoms with Gasteiger partial charge in [-0.05, 0) is 49.3 Å². The molecule has 0 spiro atoms. The smallest absolute Gasteiger partial charge is 0.296 e. The van der Waals surface area contributed by atoms with Crippen LogP contribution in [0.4, 0.5) is 0 Å². The molecule has 1 aliphatic carbocycles. The number of nitrogens with zero attached hydrogens (tertiary/aromatic N) is 2. The number of hydrogen-bond donors (Lipinski definition) is 3. The van der Waals surface area contributed by atoms with Crippen molar-refractivity contribution in [2.45, 2.75) is 51.2 Å². The molecule has 3 aliphatic heterocycles. The second-order valence-electron chi connectivity index (χ2n) is 8.95. The Balaban J connectivity index is 1.47. The number of aromatic hydroxyl groups is 1. The molecular weight excluding hydrogens is 444 g/mol. The molecule has 1 aromatic heterocycles. The van der Waals surface area contributed by atoms with Crippen LogP contribution in [-0.4, -0.2) is 39.0 Å². The summed E-state index contributed by atoms with van der Waals surface area (Å²) in [5, 5.41) is 16.0. The highest BCUT2D eigenvalue weighted by Crippen LogP contribution is 2.43. The van der Waals surface area contributed by atoms with Gasteiger partial charge < -0.3 is 25.2 Å². The van der Waals surface area contributed by atoms with Gasteiger partial charge in [-0.2, -0.15) is 0 Å². The first-order valence-electron chi connectivity index (χ1n) is 11.1. The lowest BCUT2D eigenvalue weighted by Crippen LogP contribution is -2.51. The Hall–Kier alpha value is -3.89. The average molecular weight is 468 g/mol. The van der Waals surface area contributed by atoms with Crippen molar-refractivity contribution in [1.29, 1.82) is 0 Å². The maximum Gasteiger partial charge on any atom is 0.296 e. The zero-order valence-electron chi connectivity index (χ0n) is 18.6. The number of benzene rings is 1. The molecule has 11 heteroatoms. The molecule has 1 fully saturated rings. The number of nitrogens with one attached hydrogen (secondary N) is 2. The lowest BCUT2D eigenvalue weighted by atomic mass is 9.77. The minimum Gasteiger partial charge on any atom is -0.501 e. The average Bonchev–Trinajstić information content (AvgIpc) is 3.17. The molecule has 0 unspecified atom stereocenters. The van der Waals surface area contributed by atoms with Crippen LogP contribution in [0.15, 0.2) is 23.0 Å². The molecule has 4 heterocycles. The van der Waals surface area contributed by atoms with E-state index in [0.717, 1.165) is 5.56 Å². The minimum atomic E-state index is -1.06. The van der Waals surface area contributed by atoms with Crippen molar-refractivity contribution in [2.24, 2.45) is 5.92 Å². The van der Waals surface area contributed by atoms with Gasteiger partial charge in [-0.1, -0.05) is 6.07 Å². The van der Waals surface area contributed by atoms with Crippen LogP contribution < -0.4 is 25.7 Å². The van der Waals surface area contributed by atoms with Gasteiger partial charge in [0.15, 0.2) is 17.2 Å². The predicted molar refractivity (Wildman–Crippen MR) is 116 cm³/mol. The molecule has 0 radical (unpaired) electrons. The van der Waals surface area contributed by atoms with E-state index < -0.39 is 40.1 Å². The van der Waals surface area contributed by atoms with E-state index in [9.17, 15) is 24.3 Å². The Kier molecular flexibility index (Phi) is 5.26. The summed E-state index contributed by atoms with van der Waals surface area (Å²) < 4.78 is 11.9. The fraction of sp³-hybridized carbons (Fsp3) is 0.435. The van der Waals surface area contributed by atoms with Crippen molar-refractivity contribution < 1.29 is 29.0 Å². The highest BCUT2D eigenvalue weighted by atomic mass is 16.7. The van der Waals surface area contributed by atoms with E-state index >= 15 is 0 Å². The topological polar surface area (TPSA) is 149 Å². The molecule has 4 aliphatic rings. The summed E-state index contributed by atoms with van der Waals surface area (Å²) in [4.78, 5) is 54.4. The molecule has 3 N–H and O–H groups in total. The number of amides is 2. The summed E-state index contributed by atoms with van der Waals surface area (Å²) in [6, 6.07) is 5.22. The highest BCUT2D eigenvalue weighted by molar-refractivity contribution is 6.35. The molecule has 2 aromatic rings. The van der Waals surface area contributed by atoms with Gasteiger partial charge in [-0.25, -0.2) is 4.98 Å². The van der Waals surface area contributed by atoms with E-state index in [1.807, 2.05) is 0 Å². The maximum absolute atomic E-state index is 13.1. The van der Waals surface area contributed by atoms with Crippen LogP contribution in [0.3, 0.4) is 0 Å². The Morgan fingerprint density at radius 1 is 1.21 bits per heavy atom. The van der Waals surface area contributed by atoms with Crippen LogP contribution in [0.2, 0.25) is 0 Å². The van der Waals surface area contributed by atoms with E-state index in [4.69, 9.17) is 9.47 Å². The number of Topliss-reactive ketones (excluding diaryl/α,β-unsaturated/α-hetero) is 1. The fourth-order valence-electron chi connectivity index (χ4n) is 4.88. The first-order valence-corrected chi connectivity index (χ1v) is 11.1. The lowest BCUT2D eigenvalue weighted by Gasteiger charge is -2.36. The Bertz CT molecular complexity index is 1260. The summed E-state index contributed by atoms with van der Waals surface area (Å²) in [6.07, 6.45) is 2.39. The number of rotatable bonds is 5. The van der Waals surface area contributed by atoms with Crippen LogP contribution in [0.25, 0.3) is 0 Å². The number of ether oxygens (including phenoxy) is 2. The molecule has 34 heavy (non-hydrogen) atoms. The summed E-state index contributed by atoms with van der Waals surface area (Å²) >= 11 is 0. The standard InChI is InChI=1S/C23H24N4O7/c1-12(28)19(30)26-23-6-4-13(5-7-23)10-27-21(32)18(29)17(25-22(23)27)20(31)24-9-14-2-3-15-16(8-14)34-11-33-15/h2-3,8,13,29H,4-7,9-11H2,1H3,(H,24,31)(H,26,30). The fourth-order valence-corrected chi connectivity index (χ4v) is 4.88. The summed E-state index contributed by atoms with van der Waals surface area (Å²) in [5.41, 5.74) is -1.49. The molecule has 6 rings (SSSR count).